The number of nitrogens with one attached hydrogen (secondary N) is 1. The predicted molar refractivity (Wildman–Crippen MR) is 130 cm³/mol. The van der Waals surface area contributed by atoms with Crippen LogP contribution in [0.15, 0.2) is 61.0 Å². The topological polar surface area (TPSA) is 80.1 Å². The Morgan fingerprint density at radius 1 is 1.15 bits per heavy atom. The summed E-state index contributed by atoms with van der Waals surface area (Å²) in [5, 5.41) is 12.7. The van der Waals surface area contributed by atoms with E-state index in [1.165, 1.54) is 0 Å². The van der Waals surface area contributed by atoms with Gasteiger partial charge in [0.25, 0.3) is 0 Å². The minimum Gasteiger partial charge on any atom is -0.487 e. The molecule has 3 aromatic rings. The number of ether oxygens (including phenoxy) is 2. The zero-order valence-corrected chi connectivity index (χ0v) is 19.9. The molecule has 0 saturated heterocycles. The second kappa shape index (κ2) is 10.2. The van der Waals surface area contributed by atoms with Crippen LogP contribution in [0, 0.1) is 11.3 Å². The molecule has 33 heavy (non-hydrogen) atoms. The molecule has 6 heteroatoms. The zero-order valence-electron chi connectivity index (χ0n) is 19.9. The smallest absolute Gasteiger partial charge is 0.222 e. The molecule has 170 valence electrons. The Kier molecular flexibility index (Phi) is 7.34. The number of anilines is 1. The molecule has 0 unspecified atom stereocenters. The van der Waals surface area contributed by atoms with Gasteiger partial charge in [-0.15, -0.1) is 0 Å². The lowest BCUT2D eigenvalue weighted by Crippen LogP contribution is -2.19. The van der Waals surface area contributed by atoms with Crippen LogP contribution in [0.1, 0.15) is 55.6 Å². The number of nitriles is 1. The van der Waals surface area contributed by atoms with Crippen molar-refractivity contribution in [3.63, 3.8) is 0 Å². The van der Waals surface area contributed by atoms with E-state index >= 15 is 0 Å². The molecule has 0 radical (unpaired) electrons. The Hall–Kier alpha value is -3.85. The Balaban J connectivity index is 1.83. The van der Waals surface area contributed by atoms with Crippen LogP contribution in [0.3, 0.4) is 0 Å². The van der Waals surface area contributed by atoms with Gasteiger partial charge < -0.3 is 14.8 Å². The first-order valence-corrected chi connectivity index (χ1v) is 10.9. The van der Waals surface area contributed by atoms with Crippen molar-refractivity contribution >= 4 is 5.95 Å². The number of rotatable bonds is 9. The summed E-state index contributed by atoms with van der Waals surface area (Å²) in [5.74, 6) is 2.49. The van der Waals surface area contributed by atoms with E-state index < -0.39 is 0 Å². The van der Waals surface area contributed by atoms with Gasteiger partial charge in [0.15, 0.2) is 0 Å². The number of nitrogens with zero attached hydrogens (tertiary/aromatic N) is 3. The highest BCUT2D eigenvalue weighted by Gasteiger charge is 2.26. The molecule has 1 aromatic heterocycles. The second-order valence-electron chi connectivity index (χ2n) is 8.34. The van der Waals surface area contributed by atoms with Crippen LogP contribution in [0.4, 0.5) is 5.95 Å². The van der Waals surface area contributed by atoms with Crippen molar-refractivity contribution in [2.24, 2.45) is 0 Å². The molecule has 2 aromatic carbocycles. The predicted octanol–water partition coefficient (Wildman–Crippen LogP) is 5.77. The van der Waals surface area contributed by atoms with Crippen molar-refractivity contribution in [1.29, 1.82) is 5.26 Å². The maximum Gasteiger partial charge on any atom is 0.222 e. The Labute approximate surface area is 195 Å². The fraction of sp³-hybridized carbons (Fsp3) is 0.296. The van der Waals surface area contributed by atoms with Crippen molar-refractivity contribution in [3.05, 3.63) is 88.9 Å². The van der Waals surface area contributed by atoms with Gasteiger partial charge in [-0.3, -0.25) is 0 Å². The molecule has 0 saturated carbocycles. The SMILES string of the molecule is C=C(C)Oc1c(C#N)cc(C(C)(C)c2ccc(OCc3ccnc(NC)n3)cc2)cc1CC. The highest BCUT2D eigenvalue weighted by atomic mass is 16.5. The van der Waals surface area contributed by atoms with E-state index in [0.717, 1.165) is 34.6 Å². The Bertz CT molecular complexity index is 1180. The molecular weight excluding hydrogens is 412 g/mol. The molecule has 0 atom stereocenters. The van der Waals surface area contributed by atoms with Gasteiger partial charge in [-0.25, -0.2) is 9.97 Å². The third-order valence-corrected chi connectivity index (χ3v) is 5.56. The minimum atomic E-state index is -0.315. The summed E-state index contributed by atoms with van der Waals surface area (Å²) in [7, 11) is 1.78. The second-order valence-corrected chi connectivity index (χ2v) is 8.34. The van der Waals surface area contributed by atoms with Gasteiger partial charge in [0.05, 0.1) is 17.0 Å². The van der Waals surface area contributed by atoms with Gasteiger partial charge >= 0.3 is 0 Å². The lowest BCUT2D eigenvalue weighted by Gasteiger charge is -2.28. The first kappa shape index (κ1) is 23.8. The minimum absolute atomic E-state index is 0.315. The zero-order chi connectivity index (χ0) is 24.0. The highest BCUT2D eigenvalue weighted by Crippen LogP contribution is 2.37. The van der Waals surface area contributed by atoms with E-state index in [-0.39, 0.29) is 5.41 Å². The highest BCUT2D eigenvalue weighted by molar-refractivity contribution is 5.55. The number of allylic oxidation sites excluding steroid dienone is 1. The van der Waals surface area contributed by atoms with Gasteiger partial charge in [-0.1, -0.05) is 45.5 Å². The van der Waals surface area contributed by atoms with Gasteiger partial charge in [-0.05, 0) is 54.3 Å². The molecule has 0 aliphatic rings. The van der Waals surface area contributed by atoms with Crippen LogP contribution in [-0.4, -0.2) is 17.0 Å². The number of aryl methyl sites for hydroxylation is 1. The van der Waals surface area contributed by atoms with Crippen molar-refractivity contribution < 1.29 is 9.47 Å². The van der Waals surface area contributed by atoms with Gasteiger partial charge in [0, 0.05) is 18.7 Å². The van der Waals surface area contributed by atoms with Crippen LogP contribution >= 0.6 is 0 Å². The average molecular weight is 443 g/mol. The van der Waals surface area contributed by atoms with E-state index in [1.807, 2.05) is 24.3 Å². The standard InChI is InChI=1S/C27H30N4O2/c1-7-19-14-22(15-20(16-28)25(19)33-18(2)3)27(4,5)21-8-10-24(11-9-21)32-17-23-12-13-30-26(29-6)31-23/h8-15H,2,7,17H2,1,3-6H3,(H,29,30,31). The molecule has 0 spiro atoms. The summed E-state index contributed by atoms with van der Waals surface area (Å²) in [6.07, 6.45) is 2.46. The fourth-order valence-electron chi connectivity index (χ4n) is 3.58. The molecule has 0 aliphatic heterocycles. The summed E-state index contributed by atoms with van der Waals surface area (Å²) in [6.45, 7) is 12.3. The lowest BCUT2D eigenvalue weighted by molar-refractivity contribution is 0.301. The number of hydrogen-bond acceptors (Lipinski definition) is 6. The lowest BCUT2D eigenvalue weighted by atomic mass is 9.77. The Morgan fingerprint density at radius 2 is 1.88 bits per heavy atom. The van der Waals surface area contributed by atoms with Gasteiger partial charge in [0.2, 0.25) is 5.95 Å². The first-order chi connectivity index (χ1) is 15.8. The summed E-state index contributed by atoms with van der Waals surface area (Å²) < 4.78 is 11.7. The number of hydrogen-bond donors (Lipinski definition) is 1. The van der Waals surface area contributed by atoms with Crippen LogP contribution in [-0.2, 0) is 18.4 Å². The molecule has 0 aliphatic carbocycles. The molecule has 0 fully saturated rings. The van der Waals surface area contributed by atoms with Gasteiger partial charge in [0.1, 0.15) is 24.2 Å². The molecule has 1 N–H and O–H groups in total. The van der Waals surface area contributed by atoms with Crippen LogP contribution in [0.25, 0.3) is 0 Å². The summed E-state index contributed by atoms with van der Waals surface area (Å²) >= 11 is 0. The quantitative estimate of drug-likeness (QED) is 0.424. The van der Waals surface area contributed by atoms with Crippen molar-refractivity contribution in [3.8, 4) is 17.6 Å². The summed E-state index contributed by atoms with van der Waals surface area (Å²) in [5.41, 5.74) is 4.17. The van der Waals surface area contributed by atoms with Gasteiger partial charge in [-0.2, -0.15) is 5.26 Å². The number of aromatic nitrogens is 2. The number of benzene rings is 2. The molecule has 3 rings (SSSR count). The normalized spacial score (nSPS) is 10.9. The molecule has 0 amide bonds. The van der Waals surface area contributed by atoms with Crippen molar-refractivity contribution in [1.82, 2.24) is 9.97 Å². The molecule has 6 nitrogen and oxygen atoms in total. The maximum atomic E-state index is 9.75. The van der Waals surface area contributed by atoms with Crippen LogP contribution in [0.5, 0.6) is 11.5 Å². The fourth-order valence-corrected chi connectivity index (χ4v) is 3.58. The van der Waals surface area contributed by atoms with E-state index in [4.69, 9.17) is 9.47 Å². The largest absolute Gasteiger partial charge is 0.487 e. The van der Waals surface area contributed by atoms with Crippen molar-refractivity contribution in [2.75, 3.05) is 12.4 Å². The van der Waals surface area contributed by atoms with Crippen LogP contribution < -0.4 is 14.8 Å². The molecule has 1 heterocycles. The Morgan fingerprint density at radius 3 is 2.48 bits per heavy atom. The monoisotopic (exact) mass is 442 g/mol. The van der Waals surface area contributed by atoms with Crippen LogP contribution in [0.2, 0.25) is 0 Å². The summed E-state index contributed by atoms with van der Waals surface area (Å²) in [4.78, 5) is 8.49. The van der Waals surface area contributed by atoms with E-state index in [0.29, 0.717) is 29.6 Å². The third-order valence-electron chi connectivity index (χ3n) is 5.56. The maximum absolute atomic E-state index is 9.75. The van der Waals surface area contributed by atoms with E-state index in [2.05, 4.69) is 66.9 Å². The molecule has 0 bridgehead atoms. The van der Waals surface area contributed by atoms with E-state index in [1.54, 1.807) is 20.2 Å². The molecular formula is C27H30N4O2. The third kappa shape index (κ3) is 5.50. The average Bonchev–Trinajstić information content (AvgIpc) is 2.82. The van der Waals surface area contributed by atoms with E-state index in [9.17, 15) is 5.26 Å². The van der Waals surface area contributed by atoms with Crippen molar-refractivity contribution in [2.45, 2.75) is 46.1 Å². The summed E-state index contributed by atoms with van der Waals surface area (Å²) in [6, 6.07) is 16.2. The first-order valence-electron chi connectivity index (χ1n) is 10.9.